The highest BCUT2D eigenvalue weighted by molar-refractivity contribution is 6.07. The number of anilines is 6. The van der Waals surface area contributed by atoms with Crippen molar-refractivity contribution < 1.29 is 14.3 Å². The predicted octanol–water partition coefficient (Wildman–Crippen LogP) is 6.08. The topological polar surface area (TPSA) is 95.1 Å². The Labute approximate surface area is 245 Å². The number of likely N-dealkylation sites (N-methyl/N-ethyl adjacent to an activating group) is 1. The van der Waals surface area contributed by atoms with E-state index in [9.17, 15) is 4.79 Å². The molecule has 0 aliphatic carbocycles. The number of benzene rings is 3. The van der Waals surface area contributed by atoms with Gasteiger partial charge in [0.2, 0.25) is 6.79 Å². The van der Waals surface area contributed by atoms with Gasteiger partial charge in [0.05, 0.1) is 5.69 Å². The molecule has 1 aromatic heterocycles. The molecule has 1 fully saturated rings. The van der Waals surface area contributed by atoms with Crippen LogP contribution in [0.3, 0.4) is 0 Å². The zero-order valence-corrected chi connectivity index (χ0v) is 24.1. The van der Waals surface area contributed by atoms with Gasteiger partial charge in [-0.25, -0.2) is 19.7 Å². The number of carbonyl (C=O) groups excluding carboxylic acids is 1. The molecular weight excluding hydrogens is 530 g/mol. The molecular formula is C32H35N7O3. The van der Waals surface area contributed by atoms with Crippen molar-refractivity contribution in [2.24, 2.45) is 0 Å². The Morgan fingerprint density at radius 1 is 0.905 bits per heavy atom. The largest absolute Gasteiger partial charge is 0.454 e. The van der Waals surface area contributed by atoms with Gasteiger partial charge in [-0.05, 0) is 67.9 Å². The van der Waals surface area contributed by atoms with Crippen LogP contribution in [0.25, 0.3) is 0 Å². The molecule has 0 saturated carbocycles. The average Bonchev–Trinajstić information content (AvgIpc) is 3.48. The predicted molar refractivity (Wildman–Crippen MR) is 166 cm³/mol. The lowest BCUT2D eigenvalue weighted by Gasteiger charge is -2.35. The number of ether oxygens (including phenoxy) is 2. The molecule has 0 bridgehead atoms. The van der Waals surface area contributed by atoms with Crippen LogP contribution in [0.15, 0.2) is 73.1 Å². The van der Waals surface area contributed by atoms with E-state index < -0.39 is 0 Å². The normalized spacial score (nSPS) is 14.5. The van der Waals surface area contributed by atoms with Gasteiger partial charge in [0.1, 0.15) is 18.0 Å². The summed E-state index contributed by atoms with van der Waals surface area (Å²) >= 11 is 0. The molecule has 3 aromatic carbocycles. The summed E-state index contributed by atoms with van der Waals surface area (Å²) in [4.78, 5) is 29.2. The Balaban J connectivity index is 1.25. The fourth-order valence-corrected chi connectivity index (χ4v) is 5.32. The van der Waals surface area contributed by atoms with Crippen molar-refractivity contribution in [3.8, 4) is 11.5 Å². The van der Waals surface area contributed by atoms with Gasteiger partial charge in [0.15, 0.2) is 11.5 Å². The maximum absolute atomic E-state index is 13.9. The van der Waals surface area contributed by atoms with Crippen LogP contribution in [-0.2, 0) is 0 Å². The lowest BCUT2D eigenvalue weighted by molar-refractivity contribution is 0.174. The Hall–Kier alpha value is -4.83. The summed E-state index contributed by atoms with van der Waals surface area (Å²) in [6.07, 6.45) is 1.45. The highest BCUT2D eigenvalue weighted by Gasteiger charge is 2.24. The number of piperazine rings is 1. The number of amides is 2. The molecule has 2 aliphatic heterocycles. The molecule has 216 valence electrons. The summed E-state index contributed by atoms with van der Waals surface area (Å²) in [6.45, 7) is 11.6. The first-order chi connectivity index (χ1) is 20.5. The first-order valence-electron chi connectivity index (χ1n) is 14.2. The van der Waals surface area contributed by atoms with Crippen LogP contribution in [0, 0.1) is 13.8 Å². The SMILES string of the molecule is CCN1CCN(c2ccc(Nc3cc(N(C(=O)Nc4c(C)cccc4C)c4ccc5c(c4)OCO5)ncn3)cc2)CC1. The molecule has 6 rings (SSSR count). The zero-order chi connectivity index (χ0) is 29.1. The molecule has 0 atom stereocenters. The number of fused-ring (bicyclic) bond motifs is 1. The van der Waals surface area contributed by atoms with E-state index in [1.165, 1.54) is 16.9 Å². The summed E-state index contributed by atoms with van der Waals surface area (Å²) in [6, 6.07) is 21.0. The number of para-hydroxylation sites is 1. The first kappa shape index (κ1) is 27.3. The highest BCUT2D eigenvalue weighted by atomic mass is 16.7. The fourth-order valence-electron chi connectivity index (χ4n) is 5.32. The van der Waals surface area contributed by atoms with Crippen molar-refractivity contribution in [1.82, 2.24) is 14.9 Å². The van der Waals surface area contributed by atoms with Crippen LogP contribution in [0.5, 0.6) is 11.5 Å². The smallest absolute Gasteiger partial charge is 0.332 e. The maximum Gasteiger partial charge on any atom is 0.332 e. The molecule has 0 unspecified atom stereocenters. The summed E-state index contributed by atoms with van der Waals surface area (Å²) in [7, 11) is 0. The number of aryl methyl sites for hydroxylation is 2. The average molecular weight is 566 g/mol. The van der Waals surface area contributed by atoms with E-state index in [2.05, 4.69) is 49.5 Å². The Morgan fingerprint density at radius 2 is 1.64 bits per heavy atom. The molecule has 2 N–H and O–H groups in total. The highest BCUT2D eigenvalue weighted by Crippen LogP contribution is 2.38. The van der Waals surface area contributed by atoms with E-state index in [0.29, 0.717) is 28.8 Å². The second-order valence-electron chi connectivity index (χ2n) is 10.4. The van der Waals surface area contributed by atoms with E-state index in [4.69, 9.17) is 9.47 Å². The molecule has 2 amide bonds. The number of nitrogens with one attached hydrogen (secondary N) is 2. The Kier molecular flexibility index (Phi) is 7.78. The zero-order valence-electron chi connectivity index (χ0n) is 24.1. The Morgan fingerprint density at radius 3 is 2.38 bits per heavy atom. The number of nitrogens with zero attached hydrogens (tertiary/aromatic N) is 5. The van der Waals surface area contributed by atoms with Crippen molar-refractivity contribution in [3.63, 3.8) is 0 Å². The van der Waals surface area contributed by atoms with E-state index in [-0.39, 0.29) is 12.8 Å². The van der Waals surface area contributed by atoms with Gasteiger partial charge in [0, 0.05) is 55.4 Å². The lowest BCUT2D eigenvalue weighted by atomic mass is 10.1. The molecule has 0 spiro atoms. The number of urea groups is 1. The molecule has 10 nitrogen and oxygen atoms in total. The van der Waals surface area contributed by atoms with E-state index in [1.807, 2.05) is 50.2 Å². The quantitative estimate of drug-likeness (QED) is 0.279. The van der Waals surface area contributed by atoms with Crippen LogP contribution < -0.4 is 29.9 Å². The fraction of sp³-hybridized carbons (Fsp3) is 0.281. The molecule has 10 heteroatoms. The summed E-state index contributed by atoms with van der Waals surface area (Å²) in [5.74, 6) is 2.17. The Bertz CT molecular complexity index is 1550. The number of hydrogen-bond donors (Lipinski definition) is 2. The lowest BCUT2D eigenvalue weighted by Crippen LogP contribution is -2.46. The third-order valence-electron chi connectivity index (χ3n) is 7.74. The molecule has 3 heterocycles. The minimum Gasteiger partial charge on any atom is -0.454 e. The monoisotopic (exact) mass is 565 g/mol. The van der Waals surface area contributed by atoms with Gasteiger partial charge in [0.25, 0.3) is 0 Å². The minimum atomic E-state index is -0.358. The summed E-state index contributed by atoms with van der Waals surface area (Å²) in [5.41, 5.74) is 5.38. The van der Waals surface area contributed by atoms with Crippen molar-refractivity contribution in [1.29, 1.82) is 0 Å². The third-order valence-corrected chi connectivity index (χ3v) is 7.74. The number of hydrogen-bond acceptors (Lipinski definition) is 8. The van der Waals surface area contributed by atoms with Crippen LogP contribution in [0.2, 0.25) is 0 Å². The summed E-state index contributed by atoms with van der Waals surface area (Å²) < 4.78 is 11.1. The van der Waals surface area contributed by atoms with Gasteiger partial charge < -0.3 is 29.9 Å². The third kappa shape index (κ3) is 5.80. The standard InChI is InChI=1S/C32H35N7O3/c1-4-37-14-16-38(17-15-37)25-10-8-24(9-11-25)35-29-19-30(34-20-33-29)39(26-12-13-27-28(18-26)42-21-41-27)32(40)36-31-22(2)6-5-7-23(31)3/h5-13,18-20H,4,14-17,21H2,1-3H3,(H,36,40)(H,33,34,35). The van der Waals surface area contributed by atoms with Crippen LogP contribution in [0.4, 0.5) is 39.2 Å². The number of rotatable bonds is 7. The maximum atomic E-state index is 13.9. The molecule has 4 aromatic rings. The second kappa shape index (κ2) is 12.0. The molecule has 0 radical (unpaired) electrons. The van der Waals surface area contributed by atoms with Crippen LogP contribution >= 0.6 is 0 Å². The first-order valence-corrected chi connectivity index (χ1v) is 14.2. The molecule has 42 heavy (non-hydrogen) atoms. The van der Waals surface area contributed by atoms with E-state index in [0.717, 1.165) is 55.2 Å². The van der Waals surface area contributed by atoms with Crippen LogP contribution in [-0.4, -0.2) is 60.4 Å². The van der Waals surface area contributed by atoms with E-state index >= 15 is 0 Å². The van der Waals surface area contributed by atoms with Crippen molar-refractivity contribution >= 4 is 40.4 Å². The second-order valence-corrected chi connectivity index (χ2v) is 10.4. The van der Waals surface area contributed by atoms with Gasteiger partial charge in [-0.15, -0.1) is 0 Å². The van der Waals surface area contributed by atoms with E-state index in [1.54, 1.807) is 18.2 Å². The van der Waals surface area contributed by atoms with Crippen LogP contribution in [0.1, 0.15) is 18.1 Å². The van der Waals surface area contributed by atoms with Crippen molar-refractivity contribution in [2.45, 2.75) is 20.8 Å². The van der Waals surface area contributed by atoms with Gasteiger partial charge in [-0.3, -0.25) is 0 Å². The number of aromatic nitrogens is 2. The summed E-state index contributed by atoms with van der Waals surface area (Å²) in [5, 5.41) is 6.45. The molecule has 2 aliphatic rings. The van der Waals surface area contributed by atoms with Gasteiger partial charge in [-0.1, -0.05) is 25.1 Å². The molecule has 1 saturated heterocycles. The van der Waals surface area contributed by atoms with Gasteiger partial charge in [-0.2, -0.15) is 0 Å². The minimum absolute atomic E-state index is 0.142. The van der Waals surface area contributed by atoms with Crippen molar-refractivity contribution in [3.05, 3.63) is 84.2 Å². The number of carbonyl (C=O) groups is 1. The van der Waals surface area contributed by atoms with Crippen molar-refractivity contribution in [2.75, 3.05) is 60.0 Å². The van der Waals surface area contributed by atoms with Gasteiger partial charge >= 0.3 is 6.03 Å².